The van der Waals surface area contributed by atoms with E-state index >= 15 is 0 Å². The lowest BCUT2D eigenvalue weighted by atomic mass is 9.90. The molecule has 1 unspecified atom stereocenters. The molecule has 1 aromatic carbocycles. The predicted octanol–water partition coefficient (Wildman–Crippen LogP) is 0.992. The van der Waals surface area contributed by atoms with Crippen LogP contribution in [0.4, 0.5) is 0 Å². The lowest BCUT2D eigenvalue weighted by Gasteiger charge is -2.38. The number of halogens is 1. The van der Waals surface area contributed by atoms with Crippen molar-refractivity contribution in [2.75, 3.05) is 20.1 Å². The van der Waals surface area contributed by atoms with Gasteiger partial charge in [0.25, 0.3) is 0 Å². The molecule has 122 valence electrons. The first-order valence-electron chi connectivity index (χ1n) is 6.95. The Balaban J connectivity index is 2.23. The predicted molar refractivity (Wildman–Crippen MR) is 83.1 cm³/mol. The highest BCUT2D eigenvalue weighted by Gasteiger charge is 2.39. The van der Waals surface area contributed by atoms with Crippen LogP contribution in [0.15, 0.2) is 29.2 Å². The number of rotatable bonds is 4. The first-order valence-corrected chi connectivity index (χ1v) is 8.77. The molecule has 6 nitrogen and oxygen atoms in total. The molecule has 1 atom stereocenters. The van der Waals surface area contributed by atoms with Gasteiger partial charge >= 0.3 is 0 Å². The molecule has 0 aromatic heterocycles. The molecule has 1 aromatic rings. The number of sulfonamides is 1. The highest BCUT2D eigenvalue weighted by molar-refractivity contribution is 7.89. The van der Waals surface area contributed by atoms with Gasteiger partial charge in [-0.15, -0.1) is 0 Å². The van der Waals surface area contributed by atoms with Crippen LogP contribution in [0.3, 0.4) is 0 Å². The number of nitrogens with zero attached hydrogens (tertiary/aromatic N) is 1. The summed E-state index contributed by atoms with van der Waals surface area (Å²) in [6.07, 6.45) is 0.764. The molecule has 8 heteroatoms. The van der Waals surface area contributed by atoms with Crippen LogP contribution in [-0.4, -0.2) is 49.5 Å². The molecule has 1 fully saturated rings. The van der Waals surface area contributed by atoms with Gasteiger partial charge < -0.3 is 10.4 Å². The molecule has 1 saturated heterocycles. The summed E-state index contributed by atoms with van der Waals surface area (Å²) in [5.74, 6) is -0.315. The largest absolute Gasteiger partial charge is 0.388 e. The van der Waals surface area contributed by atoms with Crippen molar-refractivity contribution >= 4 is 27.5 Å². The van der Waals surface area contributed by atoms with Crippen LogP contribution >= 0.6 is 11.6 Å². The fourth-order valence-electron chi connectivity index (χ4n) is 2.58. The number of benzene rings is 1. The summed E-state index contributed by atoms with van der Waals surface area (Å²) >= 11 is 5.85. The highest BCUT2D eigenvalue weighted by Crippen LogP contribution is 2.29. The van der Waals surface area contributed by atoms with Gasteiger partial charge in [0.05, 0.1) is 16.9 Å². The Kier molecular flexibility index (Phi) is 5.11. The number of β-amino-alcohol motifs (C(OH)–C–C–N with tert-alkyl or cyclic N) is 1. The molecule has 22 heavy (non-hydrogen) atoms. The second kappa shape index (κ2) is 6.54. The topological polar surface area (TPSA) is 86.7 Å². The second-order valence-corrected chi connectivity index (χ2v) is 7.85. The van der Waals surface area contributed by atoms with E-state index in [4.69, 9.17) is 11.6 Å². The first-order chi connectivity index (χ1) is 10.3. The standard InChI is InChI=1S/C14H19ClN2O4S/c1-16-13(18)9-14(19)6-3-7-17(10-14)22(20,21)12-5-2-4-11(15)8-12/h2,4-5,8,19H,3,6-7,9-10H2,1H3,(H,16,18). The minimum atomic E-state index is -3.74. The quantitative estimate of drug-likeness (QED) is 0.851. The Bertz CT molecular complexity index is 665. The second-order valence-electron chi connectivity index (χ2n) is 5.47. The first kappa shape index (κ1) is 17.2. The Morgan fingerprint density at radius 2 is 2.23 bits per heavy atom. The number of aliphatic hydroxyl groups is 1. The van der Waals surface area contributed by atoms with Crippen LogP contribution in [0.25, 0.3) is 0 Å². The van der Waals surface area contributed by atoms with E-state index in [0.29, 0.717) is 24.4 Å². The molecule has 0 bridgehead atoms. The smallest absolute Gasteiger partial charge is 0.243 e. The number of piperidine rings is 1. The van der Waals surface area contributed by atoms with Crippen LogP contribution in [0.2, 0.25) is 5.02 Å². The Morgan fingerprint density at radius 1 is 1.50 bits per heavy atom. The lowest BCUT2D eigenvalue weighted by molar-refractivity contribution is -0.127. The van der Waals surface area contributed by atoms with Crippen molar-refractivity contribution in [3.05, 3.63) is 29.3 Å². The molecule has 1 amide bonds. The van der Waals surface area contributed by atoms with E-state index in [-0.39, 0.29) is 23.8 Å². The minimum absolute atomic E-state index is 0.0872. The maximum Gasteiger partial charge on any atom is 0.243 e. The van der Waals surface area contributed by atoms with Gasteiger partial charge in [-0.1, -0.05) is 17.7 Å². The van der Waals surface area contributed by atoms with Crippen LogP contribution in [0.1, 0.15) is 19.3 Å². The fourth-order valence-corrected chi connectivity index (χ4v) is 4.44. The van der Waals surface area contributed by atoms with Crippen molar-refractivity contribution in [1.29, 1.82) is 0 Å². The molecule has 0 radical (unpaired) electrons. The molecular weight excluding hydrogens is 328 g/mol. The minimum Gasteiger partial charge on any atom is -0.388 e. The normalized spacial score (nSPS) is 23.2. The molecule has 2 N–H and O–H groups in total. The summed E-state index contributed by atoms with van der Waals surface area (Å²) < 4.78 is 26.5. The van der Waals surface area contributed by atoms with Crippen LogP contribution in [-0.2, 0) is 14.8 Å². The zero-order valence-electron chi connectivity index (χ0n) is 12.3. The van der Waals surface area contributed by atoms with Gasteiger partial charge in [0.2, 0.25) is 15.9 Å². The molecular formula is C14H19ClN2O4S. The summed E-state index contributed by atoms with van der Waals surface area (Å²) in [7, 11) is -2.26. The number of amides is 1. The van der Waals surface area contributed by atoms with Crippen molar-refractivity contribution in [2.45, 2.75) is 29.8 Å². The number of carbonyl (C=O) groups excluding carboxylic acids is 1. The zero-order chi connectivity index (χ0) is 16.4. The van der Waals surface area contributed by atoms with Crippen molar-refractivity contribution in [3.8, 4) is 0 Å². The van der Waals surface area contributed by atoms with E-state index in [2.05, 4.69) is 5.32 Å². The molecule has 1 heterocycles. The van der Waals surface area contributed by atoms with Crippen molar-refractivity contribution in [1.82, 2.24) is 9.62 Å². The third-order valence-electron chi connectivity index (χ3n) is 3.72. The number of hydrogen-bond acceptors (Lipinski definition) is 4. The van der Waals surface area contributed by atoms with E-state index in [1.54, 1.807) is 12.1 Å². The van der Waals surface area contributed by atoms with E-state index in [1.807, 2.05) is 0 Å². The van der Waals surface area contributed by atoms with Gasteiger partial charge in [0.15, 0.2) is 0 Å². The number of carbonyl (C=O) groups is 1. The van der Waals surface area contributed by atoms with Crippen LogP contribution in [0.5, 0.6) is 0 Å². The molecule has 1 aliphatic rings. The van der Waals surface area contributed by atoms with Gasteiger partial charge in [-0.05, 0) is 31.0 Å². The highest BCUT2D eigenvalue weighted by atomic mass is 35.5. The van der Waals surface area contributed by atoms with Gasteiger partial charge in [-0.25, -0.2) is 8.42 Å². The van der Waals surface area contributed by atoms with Gasteiger partial charge in [-0.2, -0.15) is 4.31 Å². The average Bonchev–Trinajstić information content (AvgIpc) is 2.46. The Labute approximate surface area is 135 Å². The third kappa shape index (κ3) is 3.78. The van der Waals surface area contributed by atoms with E-state index in [9.17, 15) is 18.3 Å². The zero-order valence-corrected chi connectivity index (χ0v) is 13.8. The number of hydrogen-bond donors (Lipinski definition) is 2. The van der Waals surface area contributed by atoms with Crippen molar-refractivity contribution < 1.29 is 18.3 Å². The average molecular weight is 347 g/mol. The maximum absolute atomic E-state index is 12.6. The summed E-state index contributed by atoms with van der Waals surface area (Å²) in [5.41, 5.74) is -1.34. The SMILES string of the molecule is CNC(=O)CC1(O)CCCN(S(=O)(=O)c2cccc(Cl)c2)C1. The van der Waals surface area contributed by atoms with Crippen LogP contribution < -0.4 is 5.32 Å². The van der Waals surface area contributed by atoms with Crippen molar-refractivity contribution in [2.24, 2.45) is 0 Å². The van der Waals surface area contributed by atoms with Gasteiger partial charge in [0.1, 0.15) is 0 Å². The molecule has 0 spiro atoms. The molecule has 0 saturated carbocycles. The summed E-state index contributed by atoms with van der Waals surface area (Å²) in [5, 5.41) is 13.3. The number of nitrogens with one attached hydrogen (secondary N) is 1. The summed E-state index contributed by atoms with van der Waals surface area (Å²) in [4.78, 5) is 11.6. The molecule has 0 aliphatic carbocycles. The van der Waals surface area contributed by atoms with Crippen molar-refractivity contribution in [3.63, 3.8) is 0 Å². The molecule has 1 aliphatic heterocycles. The lowest BCUT2D eigenvalue weighted by Crippen LogP contribution is -2.51. The Hall–Kier alpha value is -1.15. The van der Waals surface area contributed by atoms with Gasteiger partial charge in [-0.3, -0.25) is 4.79 Å². The Morgan fingerprint density at radius 3 is 2.86 bits per heavy atom. The summed E-state index contributed by atoms with van der Waals surface area (Å²) in [6, 6.07) is 6.01. The van der Waals surface area contributed by atoms with E-state index in [1.165, 1.54) is 23.5 Å². The van der Waals surface area contributed by atoms with Gasteiger partial charge in [0, 0.05) is 25.2 Å². The maximum atomic E-state index is 12.6. The van der Waals surface area contributed by atoms with Crippen LogP contribution in [0, 0.1) is 0 Å². The molecule has 2 rings (SSSR count). The van der Waals surface area contributed by atoms with E-state index in [0.717, 1.165) is 0 Å². The van der Waals surface area contributed by atoms with E-state index < -0.39 is 15.6 Å². The fraction of sp³-hybridized carbons (Fsp3) is 0.500. The summed E-state index contributed by atoms with van der Waals surface area (Å²) in [6.45, 7) is 0.208. The third-order valence-corrected chi connectivity index (χ3v) is 5.80. The monoisotopic (exact) mass is 346 g/mol.